The maximum atomic E-state index is 11.0. The molecule has 0 spiro atoms. The fraction of sp³-hybridized carbons (Fsp3) is 0.625. The Kier molecular flexibility index (Phi) is 3.44. The fourth-order valence-electron chi connectivity index (χ4n) is 0.832. The van der Waals surface area contributed by atoms with Crippen molar-refractivity contribution in [2.24, 2.45) is 0 Å². The lowest BCUT2D eigenvalue weighted by molar-refractivity contribution is -0.152. The minimum atomic E-state index is -0.996. The maximum absolute atomic E-state index is 11.0. The predicted molar refractivity (Wildman–Crippen MR) is 46.2 cm³/mol. The Morgan fingerprint density at radius 2 is 2.00 bits per heavy atom. The molecule has 0 unspecified atom stereocenters. The molecular formula is C8H12N2O4. The zero-order chi connectivity index (χ0) is 10.6. The van der Waals surface area contributed by atoms with Crippen molar-refractivity contribution >= 4 is 17.8 Å². The largest absolute Gasteiger partial charge is 0.462 e. The molecule has 2 amide bonds. The highest BCUT2D eigenvalue weighted by molar-refractivity contribution is 6.32. The summed E-state index contributed by atoms with van der Waals surface area (Å²) in [6, 6.07) is 0.248. The Hall–Kier alpha value is -1.59. The van der Waals surface area contributed by atoms with Gasteiger partial charge in [-0.15, -0.1) is 0 Å². The summed E-state index contributed by atoms with van der Waals surface area (Å²) in [5.74, 6) is -2.19. The lowest BCUT2D eigenvalue weighted by atomic mass is 10.5. The molecule has 6 heteroatoms. The molecule has 0 aromatic rings. The summed E-state index contributed by atoms with van der Waals surface area (Å²) in [5.41, 5.74) is 0. The maximum Gasteiger partial charge on any atom is 0.396 e. The molecule has 0 aliphatic heterocycles. The molecule has 0 radical (unpaired) electrons. The number of ether oxygens (including phenoxy) is 1. The van der Waals surface area contributed by atoms with Gasteiger partial charge in [0.05, 0.1) is 13.7 Å². The zero-order valence-corrected chi connectivity index (χ0v) is 7.83. The molecule has 0 heterocycles. The Balaban J connectivity index is 2.15. The first kappa shape index (κ1) is 10.5. The van der Waals surface area contributed by atoms with Gasteiger partial charge in [0.2, 0.25) is 5.91 Å². The summed E-state index contributed by atoms with van der Waals surface area (Å²) in [6.45, 7) is -0.190. The van der Waals surface area contributed by atoms with Gasteiger partial charge >= 0.3 is 11.9 Å². The summed E-state index contributed by atoms with van der Waals surface area (Å²) >= 11 is 0. The van der Waals surface area contributed by atoms with Crippen LogP contribution in [0, 0.1) is 0 Å². The second kappa shape index (κ2) is 4.59. The standard InChI is InChI=1S/C8H12N2O4/c1-14-8(13)7(12)9-4-6(11)10-5-2-3-5/h5H,2-4H2,1H3,(H,9,12)(H,10,11). The molecule has 6 nitrogen and oxygen atoms in total. The minimum absolute atomic E-state index is 0.190. The molecule has 1 rings (SSSR count). The molecule has 78 valence electrons. The van der Waals surface area contributed by atoms with E-state index in [1.165, 1.54) is 0 Å². The van der Waals surface area contributed by atoms with E-state index in [9.17, 15) is 14.4 Å². The van der Waals surface area contributed by atoms with Crippen LogP contribution >= 0.6 is 0 Å². The van der Waals surface area contributed by atoms with Gasteiger partial charge in [0.15, 0.2) is 0 Å². The molecule has 0 saturated heterocycles. The van der Waals surface area contributed by atoms with Gasteiger partial charge in [-0.2, -0.15) is 0 Å². The van der Waals surface area contributed by atoms with Crippen molar-refractivity contribution in [2.45, 2.75) is 18.9 Å². The molecule has 0 aromatic heterocycles. The summed E-state index contributed by atoms with van der Waals surface area (Å²) in [6.07, 6.45) is 1.97. The molecule has 1 saturated carbocycles. The second-order valence-electron chi connectivity index (χ2n) is 3.02. The molecule has 0 aromatic carbocycles. The van der Waals surface area contributed by atoms with Gasteiger partial charge in [0, 0.05) is 6.04 Å². The third-order valence-electron chi connectivity index (χ3n) is 1.72. The smallest absolute Gasteiger partial charge is 0.396 e. The number of rotatable bonds is 3. The van der Waals surface area contributed by atoms with Crippen LogP contribution < -0.4 is 10.6 Å². The van der Waals surface area contributed by atoms with E-state index >= 15 is 0 Å². The Bertz CT molecular complexity index is 260. The SMILES string of the molecule is COC(=O)C(=O)NCC(=O)NC1CC1. The number of hydrogen-bond donors (Lipinski definition) is 2. The van der Waals surface area contributed by atoms with Gasteiger partial charge in [-0.3, -0.25) is 9.59 Å². The van der Waals surface area contributed by atoms with Crippen LogP contribution in [-0.4, -0.2) is 37.5 Å². The molecule has 1 aliphatic rings. The number of nitrogens with one attached hydrogen (secondary N) is 2. The van der Waals surface area contributed by atoms with Crippen LogP contribution in [0.5, 0.6) is 0 Å². The number of hydrogen-bond acceptors (Lipinski definition) is 4. The van der Waals surface area contributed by atoms with E-state index < -0.39 is 11.9 Å². The first-order valence-corrected chi connectivity index (χ1v) is 4.29. The van der Waals surface area contributed by atoms with Gasteiger partial charge in [-0.05, 0) is 12.8 Å². The van der Waals surface area contributed by atoms with Crippen LogP contribution in [0.2, 0.25) is 0 Å². The van der Waals surface area contributed by atoms with Gasteiger partial charge < -0.3 is 15.4 Å². The van der Waals surface area contributed by atoms with E-state index in [1.54, 1.807) is 0 Å². The van der Waals surface area contributed by atoms with E-state index in [1.807, 2.05) is 0 Å². The van der Waals surface area contributed by atoms with Gasteiger partial charge in [-0.25, -0.2) is 4.79 Å². The number of carbonyl (C=O) groups excluding carboxylic acids is 3. The lowest BCUT2D eigenvalue weighted by Crippen LogP contribution is -2.40. The van der Waals surface area contributed by atoms with Crippen molar-refractivity contribution in [1.29, 1.82) is 0 Å². The van der Waals surface area contributed by atoms with Gasteiger partial charge in [-0.1, -0.05) is 0 Å². The van der Waals surface area contributed by atoms with E-state index in [0.29, 0.717) is 0 Å². The molecule has 0 bridgehead atoms. The quantitative estimate of drug-likeness (QED) is 0.431. The van der Waals surface area contributed by atoms with Crippen LogP contribution in [0.4, 0.5) is 0 Å². The highest BCUT2D eigenvalue weighted by atomic mass is 16.5. The van der Waals surface area contributed by atoms with Crippen LogP contribution in [0.25, 0.3) is 0 Å². The third-order valence-corrected chi connectivity index (χ3v) is 1.72. The summed E-state index contributed by atoms with van der Waals surface area (Å²) < 4.78 is 4.16. The number of methoxy groups -OCH3 is 1. The molecule has 1 fully saturated rings. The average Bonchev–Trinajstić information content (AvgIpc) is 2.96. The molecule has 1 aliphatic carbocycles. The van der Waals surface area contributed by atoms with Gasteiger partial charge in [0.1, 0.15) is 0 Å². The first-order chi connectivity index (χ1) is 6.63. The predicted octanol–water partition coefficient (Wildman–Crippen LogP) is -1.45. The van der Waals surface area contributed by atoms with Crippen molar-refractivity contribution in [3.63, 3.8) is 0 Å². The van der Waals surface area contributed by atoms with E-state index in [-0.39, 0.29) is 18.5 Å². The Morgan fingerprint density at radius 3 is 2.50 bits per heavy atom. The number of esters is 1. The van der Waals surface area contributed by atoms with Crippen LogP contribution in [-0.2, 0) is 19.1 Å². The Morgan fingerprint density at radius 1 is 1.36 bits per heavy atom. The van der Waals surface area contributed by atoms with Crippen molar-refractivity contribution in [2.75, 3.05) is 13.7 Å². The topological polar surface area (TPSA) is 84.5 Å². The highest BCUT2D eigenvalue weighted by Crippen LogP contribution is 2.17. The first-order valence-electron chi connectivity index (χ1n) is 4.29. The van der Waals surface area contributed by atoms with Crippen LogP contribution in [0.3, 0.4) is 0 Å². The zero-order valence-electron chi connectivity index (χ0n) is 7.83. The summed E-state index contributed by atoms with van der Waals surface area (Å²) in [4.78, 5) is 32.4. The molecular weight excluding hydrogens is 188 g/mol. The third kappa shape index (κ3) is 3.42. The summed E-state index contributed by atoms with van der Waals surface area (Å²) in [7, 11) is 1.10. The average molecular weight is 200 g/mol. The van der Waals surface area contributed by atoms with Crippen molar-refractivity contribution in [1.82, 2.24) is 10.6 Å². The Labute approximate surface area is 81.0 Å². The summed E-state index contributed by atoms with van der Waals surface area (Å²) in [5, 5.41) is 4.80. The van der Waals surface area contributed by atoms with Crippen molar-refractivity contribution in [3.8, 4) is 0 Å². The fourth-order valence-corrected chi connectivity index (χ4v) is 0.832. The van der Waals surface area contributed by atoms with Crippen LogP contribution in [0.15, 0.2) is 0 Å². The van der Waals surface area contributed by atoms with E-state index in [4.69, 9.17) is 0 Å². The molecule has 14 heavy (non-hydrogen) atoms. The van der Waals surface area contributed by atoms with Crippen LogP contribution in [0.1, 0.15) is 12.8 Å². The minimum Gasteiger partial charge on any atom is -0.462 e. The molecule has 2 N–H and O–H groups in total. The van der Waals surface area contributed by atoms with E-state index in [2.05, 4.69) is 15.4 Å². The lowest BCUT2D eigenvalue weighted by Gasteiger charge is -2.03. The highest BCUT2D eigenvalue weighted by Gasteiger charge is 2.23. The monoisotopic (exact) mass is 200 g/mol. The van der Waals surface area contributed by atoms with Crippen molar-refractivity contribution in [3.05, 3.63) is 0 Å². The van der Waals surface area contributed by atoms with E-state index in [0.717, 1.165) is 20.0 Å². The normalized spacial score (nSPS) is 14.4. The van der Waals surface area contributed by atoms with Crippen molar-refractivity contribution < 1.29 is 19.1 Å². The van der Waals surface area contributed by atoms with Gasteiger partial charge in [0.25, 0.3) is 0 Å². The second-order valence-corrected chi connectivity index (χ2v) is 3.02. The number of amides is 2. The molecule has 0 atom stereocenters. The number of carbonyl (C=O) groups is 3.